The maximum atomic E-state index is 6.19. The molecular formula is C16H20ClNO. The fourth-order valence-electron chi connectivity index (χ4n) is 3.26. The summed E-state index contributed by atoms with van der Waals surface area (Å²) in [7, 11) is 1.99. The fraction of sp³-hybridized carbons (Fsp3) is 0.500. The van der Waals surface area contributed by atoms with Crippen LogP contribution in [-0.2, 0) is 11.2 Å². The van der Waals surface area contributed by atoms with Gasteiger partial charge in [0.05, 0.1) is 12.7 Å². The Morgan fingerprint density at radius 1 is 1.32 bits per heavy atom. The van der Waals surface area contributed by atoms with Gasteiger partial charge >= 0.3 is 0 Å². The second kappa shape index (κ2) is 5.66. The Morgan fingerprint density at radius 3 is 3.05 bits per heavy atom. The van der Waals surface area contributed by atoms with Crippen molar-refractivity contribution in [3.8, 4) is 0 Å². The molecule has 0 amide bonds. The summed E-state index contributed by atoms with van der Waals surface area (Å²) in [5.41, 5.74) is 5.78. The highest BCUT2D eigenvalue weighted by Crippen LogP contribution is 2.38. The molecule has 0 bridgehead atoms. The first-order chi connectivity index (χ1) is 9.29. The van der Waals surface area contributed by atoms with E-state index < -0.39 is 0 Å². The summed E-state index contributed by atoms with van der Waals surface area (Å²) >= 11 is 6.19. The van der Waals surface area contributed by atoms with Gasteiger partial charge in [-0.3, -0.25) is 0 Å². The number of ether oxygens (including phenoxy) is 1. The van der Waals surface area contributed by atoms with Crippen LogP contribution in [0.3, 0.4) is 0 Å². The average molecular weight is 278 g/mol. The summed E-state index contributed by atoms with van der Waals surface area (Å²) in [5, 5.41) is 4.08. The van der Waals surface area contributed by atoms with Crippen molar-refractivity contribution in [3.63, 3.8) is 0 Å². The van der Waals surface area contributed by atoms with Crippen LogP contribution >= 0.6 is 11.6 Å². The smallest absolute Gasteiger partial charge is 0.0915 e. The first-order valence-corrected chi connectivity index (χ1v) is 7.44. The van der Waals surface area contributed by atoms with Crippen LogP contribution in [0.15, 0.2) is 23.8 Å². The largest absolute Gasteiger partial charge is 0.372 e. The normalized spacial score (nSPS) is 22.7. The lowest BCUT2D eigenvalue weighted by Gasteiger charge is -2.29. The number of likely N-dealkylation sites (N-methyl/N-ethyl adjacent to an activating group) is 1. The highest BCUT2D eigenvalue weighted by atomic mass is 35.5. The molecule has 102 valence electrons. The third kappa shape index (κ3) is 2.58. The maximum absolute atomic E-state index is 6.19. The van der Waals surface area contributed by atoms with Crippen LogP contribution < -0.4 is 5.32 Å². The molecule has 19 heavy (non-hydrogen) atoms. The number of rotatable bonds is 2. The molecule has 1 aromatic rings. The Labute approximate surface area is 119 Å². The molecule has 0 aromatic heterocycles. The van der Waals surface area contributed by atoms with E-state index in [1.807, 2.05) is 13.1 Å². The highest BCUT2D eigenvalue weighted by molar-refractivity contribution is 6.30. The average Bonchev–Trinajstić information content (AvgIpc) is 2.59. The molecule has 3 heteroatoms. The van der Waals surface area contributed by atoms with E-state index in [-0.39, 0.29) is 6.10 Å². The molecule has 0 spiro atoms. The van der Waals surface area contributed by atoms with E-state index in [0.717, 1.165) is 37.4 Å². The molecule has 0 fully saturated rings. The number of benzene rings is 1. The van der Waals surface area contributed by atoms with Crippen LogP contribution in [0, 0.1) is 0 Å². The third-order valence-corrected chi connectivity index (χ3v) is 4.36. The molecule has 1 N–H and O–H groups in total. The summed E-state index contributed by atoms with van der Waals surface area (Å²) < 4.78 is 5.94. The van der Waals surface area contributed by atoms with Crippen molar-refractivity contribution in [1.29, 1.82) is 0 Å². The molecule has 1 aliphatic heterocycles. The third-order valence-electron chi connectivity index (χ3n) is 4.13. The zero-order chi connectivity index (χ0) is 13.2. The second-order valence-electron chi connectivity index (χ2n) is 5.33. The minimum atomic E-state index is 0.235. The van der Waals surface area contributed by atoms with E-state index in [0.29, 0.717) is 0 Å². The summed E-state index contributed by atoms with van der Waals surface area (Å²) in [6.07, 6.45) is 4.75. The molecule has 1 aromatic carbocycles. The first kappa shape index (κ1) is 13.2. The lowest BCUT2D eigenvalue weighted by Crippen LogP contribution is -2.32. The minimum Gasteiger partial charge on any atom is -0.372 e. The van der Waals surface area contributed by atoms with Crippen LogP contribution in [-0.4, -0.2) is 26.3 Å². The Bertz CT molecular complexity index is 509. The van der Waals surface area contributed by atoms with Gasteiger partial charge in [-0.15, -0.1) is 0 Å². The SMILES string of the molecule is CNCC1OCCC2=C1CCCc1ccc(Cl)cc12. The molecule has 2 aliphatic rings. The second-order valence-corrected chi connectivity index (χ2v) is 5.76. The number of hydrogen-bond donors (Lipinski definition) is 1. The zero-order valence-corrected chi connectivity index (χ0v) is 12.1. The summed E-state index contributed by atoms with van der Waals surface area (Å²) in [6.45, 7) is 1.71. The van der Waals surface area contributed by atoms with E-state index in [1.54, 1.807) is 0 Å². The van der Waals surface area contributed by atoms with Crippen molar-refractivity contribution >= 4 is 17.2 Å². The van der Waals surface area contributed by atoms with Gasteiger partial charge in [-0.2, -0.15) is 0 Å². The van der Waals surface area contributed by atoms with Gasteiger partial charge in [0.1, 0.15) is 0 Å². The van der Waals surface area contributed by atoms with E-state index in [9.17, 15) is 0 Å². The van der Waals surface area contributed by atoms with Crippen molar-refractivity contribution < 1.29 is 4.74 Å². The molecule has 1 heterocycles. The van der Waals surface area contributed by atoms with Gasteiger partial charge in [0.2, 0.25) is 0 Å². The van der Waals surface area contributed by atoms with Gasteiger partial charge in [0.15, 0.2) is 0 Å². The van der Waals surface area contributed by atoms with Gasteiger partial charge in [-0.1, -0.05) is 17.7 Å². The number of fused-ring (bicyclic) bond motifs is 2. The van der Waals surface area contributed by atoms with Gasteiger partial charge < -0.3 is 10.1 Å². The van der Waals surface area contributed by atoms with Gasteiger partial charge in [0, 0.05) is 11.6 Å². The molecule has 1 atom stereocenters. The summed E-state index contributed by atoms with van der Waals surface area (Å²) in [4.78, 5) is 0. The van der Waals surface area contributed by atoms with Crippen molar-refractivity contribution in [2.24, 2.45) is 0 Å². The number of hydrogen-bond acceptors (Lipinski definition) is 2. The number of aryl methyl sites for hydroxylation is 1. The van der Waals surface area contributed by atoms with E-state index in [2.05, 4.69) is 17.4 Å². The lowest BCUT2D eigenvalue weighted by molar-refractivity contribution is 0.0723. The minimum absolute atomic E-state index is 0.235. The first-order valence-electron chi connectivity index (χ1n) is 7.06. The Morgan fingerprint density at radius 2 is 2.21 bits per heavy atom. The Kier molecular flexibility index (Phi) is 3.92. The van der Waals surface area contributed by atoms with E-state index >= 15 is 0 Å². The molecule has 2 nitrogen and oxygen atoms in total. The summed E-state index contributed by atoms with van der Waals surface area (Å²) in [6, 6.07) is 6.34. The van der Waals surface area contributed by atoms with Crippen molar-refractivity contribution in [2.75, 3.05) is 20.2 Å². The number of halogens is 1. The maximum Gasteiger partial charge on any atom is 0.0915 e. The molecular weight excluding hydrogens is 258 g/mol. The fourth-order valence-corrected chi connectivity index (χ4v) is 3.43. The lowest BCUT2D eigenvalue weighted by atomic mass is 9.90. The predicted molar refractivity (Wildman–Crippen MR) is 79.6 cm³/mol. The monoisotopic (exact) mass is 277 g/mol. The van der Waals surface area contributed by atoms with Crippen LogP contribution in [0.25, 0.3) is 5.57 Å². The van der Waals surface area contributed by atoms with Crippen molar-refractivity contribution in [3.05, 3.63) is 39.9 Å². The predicted octanol–water partition coefficient (Wildman–Crippen LogP) is 3.44. The van der Waals surface area contributed by atoms with Crippen LogP contribution in [0.5, 0.6) is 0 Å². The molecule has 3 rings (SSSR count). The molecule has 1 aliphatic carbocycles. The number of nitrogens with one attached hydrogen (secondary N) is 1. The topological polar surface area (TPSA) is 21.3 Å². The van der Waals surface area contributed by atoms with Crippen LogP contribution in [0.1, 0.15) is 30.4 Å². The summed E-state index contributed by atoms with van der Waals surface area (Å²) in [5.74, 6) is 0. The molecule has 0 saturated carbocycles. The molecule has 0 saturated heterocycles. The Balaban J connectivity index is 2.07. The Hall–Kier alpha value is -0.830. The van der Waals surface area contributed by atoms with Gasteiger partial charge in [-0.05, 0) is 67.1 Å². The quantitative estimate of drug-likeness (QED) is 0.894. The van der Waals surface area contributed by atoms with E-state index in [4.69, 9.17) is 16.3 Å². The molecule has 1 unspecified atom stereocenters. The van der Waals surface area contributed by atoms with E-state index in [1.165, 1.54) is 28.7 Å². The van der Waals surface area contributed by atoms with Crippen LogP contribution in [0.2, 0.25) is 5.02 Å². The van der Waals surface area contributed by atoms with Crippen LogP contribution in [0.4, 0.5) is 0 Å². The van der Waals surface area contributed by atoms with Crippen molar-refractivity contribution in [1.82, 2.24) is 5.32 Å². The standard InChI is InChI=1S/C16H20ClNO/c1-18-10-16-14-4-2-3-11-5-6-12(17)9-15(11)13(14)7-8-19-16/h5-6,9,16,18H,2-4,7-8,10H2,1H3. The zero-order valence-electron chi connectivity index (χ0n) is 11.3. The van der Waals surface area contributed by atoms with Gasteiger partial charge in [0.25, 0.3) is 0 Å². The van der Waals surface area contributed by atoms with Crippen molar-refractivity contribution in [2.45, 2.75) is 31.8 Å². The van der Waals surface area contributed by atoms with Gasteiger partial charge in [-0.25, -0.2) is 0 Å². The highest BCUT2D eigenvalue weighted by Gasteiger charge is 2.26. The molecule has 0 radical (unpaired) electrons.